The van der Waals surface area contributed by atoms with Crippen LogP contribution in [-0.2, 0) is 19.9 Å². The van der Waals surface area contributed by atoms with Crippen LogP contribution < -0.4 is 5.32 Å². The molecule has 20 heavy (non-hydrogen) atoms. The lowest BCUT2D eigenvalue weighted by Crippen LogP contribution is -2.34. The first-order valence-corrected chi connectivity index (χ1v) is 9.45. The summed E-state index contributed by atoms with van der Waals surface area (Å²) in [4.78, 5) is 3.91. The molecular formula is C11H17N3O4S2. The van der Waals surface area contributed by atoms with Gasteiger partial charge >= 0.3 is 0 Å². The number of rotatable bonds is 3. The standard InChI is InChI=1S/C11H17N3O4S2/c1-12-10-3-4-13-9-11(10)20(17,18)14-5-2-7-19(15,16)8-6-14/h3-4,9H,2,5-8H2,1H3,(H,12,13). The fourth-order valence-corrected chi connectivity index (χ4v) is 5.10. The molecule has 0 amide bonds. The maximum Gasteiger partial charge on any atom is 0.246 e. The molecule has 0 spiro atoms. The van der Waals surface area contributed by atoms with Crippen LogP contribution >= 0.6 is 0 Å². The molecule has 1 aliphatic heterocycles. The first kappa shape index (κ1) is 15.2. The van der Waals surface area contributed by atoms with Crippen molar-refractivity contribution in [1.29, 1.82) is 0 Å². The molecule has 112 valence electrons. The number of nitrogens with zero attached hydrogens (tertiary/aromatic N) is 2. The van der Waals surface area contributed by atoms with Crippen molar-refractivity contribution in [3.63, 3.8) is 0 Å². The van der Waals surface area contributed by atoms with Crippen molar-refractivity contribution >= 4 is 25.5 Å². The Labute approximate surface area is 119 Å². The third-order valence-electron chi connectivity index (χ3n) is 3.19. The summed E-state index contributed by atoms with van der Waals surface area (Å²) in [6, 6.07) is 1.57. The molecule has 0 bridgehead atoms. The molecule has 1 saturated heterocycles. The van der Waals surface area contributed by atoms with Gasteiger partial charge in [-0.05, 0) is 12.5 Å². The maximum absolute atomic E-state index is 12.6. The Hall–Kier alpha value is -1.19. The Morgan fingerprint density at radius 1 is 1.30 bits per heavy atom. The monoisotopic (exact) mass is 319 g/mol. The van der Waals surface area contributed by atoms with Gasteiger partial charge < -0.3 is 5.32 Å². The number of anilines is 1. The minimum atomic E-state index is -3.73. The van der Waals surface area contributed by atoms with Gasteiger partial charge in [0.25, 0.3) is 0 Å². The fraction of sp³-hybridized carbons (Fsp3) is 0.545. The van der Waals surface area contributed by atoms with Gasteiger partial charge in [0.15, 0.2) is 9.84 Å². The van der Waals surface area contributed by atoms with Gasteiger partial charge in [-0.1, -0.05) is 0 Å². The molecule has 2 heterocycles. The molecular weight excluding hydrogens is 302 g/mol. The van der Waals surface area contributed by atoms with Crippen LogP contribution in [0.3, 0.4) is 0 Å². The zero-order chi connectivity index (χ0) is 14.8. The highest BCUT2D eigenvalue weighted by molar-refractivity contribution is 7.91. The van der Waals surface area contributed by atoms with E-state index < -0.39 is 19.9 Å². The summed E-state index contributed by atoms with van der Waals surface area (Å²) in [6.45, 7) is 0.197. The van der Waals surface area contributed by atoms with Crippen LogP contribution in [-0.4, -0.2) is 57.8 Å². The minimum Gasteiger partial charge on any atom is -0.387 e. The Morgan fingerprint density at radius 2 is 2.05 bits per heavy atom. The van der Waals surface area contributed by atoms with Crippen molar-refractivity contribution in [2.45, 2.75) is 11.3 Å². The van der Waals surface area contributed by atoms with Crippen LogP contribution in [0.2, 0.25) is 0 Å². The maximum atomic E-state index is 12.6. The second kappa shape index (κ2) is 5.66. The first-order valence-electron chi connectivity index (χ1n) is 6.19. The third-order valence-corrected chi connectivity index (χ3v) is 6.83. The van der Waals surface area contributed by atoms with E-state index in [4.69, 9.17) is 0 Å². The average Bonchev–Trinajstić information content (AvgIpc) is 2.60. The highest BCUT2D eigenvalue weighted by Gasteiger charge is 2.30. The smallest absolute Gasteiger partial charge is 0.246 e. The summed E-state index contributed by atoms with van der Waals surface area (Å²) in [5.41, 5.74) is 0.451. The highest BCUT2D eigenvalue weighted by atomic mass is 32.2. The number of sulfonamides is 1. The Kier molecular flexibility index (Phi) is 4.31. The molecule has 0 atom stereocenters. The Bertz CT molecular complexity index is 685. The third kappa shape index (κ3) is 3.10. The van der Waals surface area contributed by atoms with Gasteiger partial charge in [-0.15, -0.1) is 0 Å². The lowest BCUT2D eigenvalue weighted by Gasteiger charge is -2.20. The predicted molar refractivity (Wildman–Crippen MR) is 75.8 cm³/mol. The summed E-state index contributed by atoms with van der Waals surface area (Å²) in [6.07, 6.45) is 3.09. The Balaban J connectivity index is 2.35. The summed E-state index contributed by atoms with van der Waals surface area (Å²) < 4.78 is 49.5. The van der Waals surface area contributed by atoms with Crippen molar-refractivity contribution in [1.82, 2.24) is 9.29 Å². The number of hydrogen-bond acceptors (Lipinski definition) is 6. The van der Waals surface area contributed by atoms with E-state index in [1.807, 2.05) is 0 Å². The molecule has 1 N–H and O–H groups in total. The number of nitrogens with one attached hydrogen (secondary N) is 1. The van der Waals surface area contributed by atoms with Crippen LogP contribution in [0.5, 0.6) is 0 Å². The summed E-state index contributed by atoms with van der Waals surface area (Å²) in [7, 11) is -5.26. The molecule has 7 nitrogen and oxygen atoms in total. The zero-order valence-electron chi connectivity index (χ0n) is 11.1. The van der Waals surface area contributed by atoms with E-state index in [9.17, 15) is 16.8 Å². The summed E-state index contributed by atoms with van der Waals surface area (Å²) in [5.74, 6) is -0.105. The van der Waals surface area contributed by atoms with E-state index in [2.05, 4.69) is 10.3 Å². The van der Waals surface area contributed by atoms with E-state index in [0.29, 0.717) is 12.1 Å². The molecule has 1 aromatic heterocycles. The van der Waals surface area contributed by atoms with Crippen molar-refractivity contribution < 1.29 is 16.8 Å². The molecule has 1 aliphatic rings. The minimum absolute atomic E-state index is 0.0112. The fourth-order valence-electron chi connectivity index (χ4n) is 2.09. The first-order chi connectivity index (χ1) is 9.37. The Morgan fingerprint density at radius 3 is 2.75 bits per heavy atom. The van der Waals surface area contributed by atoms with Crippen LogP contribution in [0.15, 0.2) is 23.4 Å². The van der Waals surface area contributed by atoms with Gasteiger partial charge in [0.2, 0.25) is 10.0 Å². The van der Waals surface area contributed by atoms with Gasteiger partial charge in [0.1, 0.15) is 4.90 Å². The van der Waals surface area contributed by atoms with Crippen molar-refractivity contribution in [2.75, 3.05) is 37.0 Å². The molecule has 0 aliphatic carbocycles. The predicted octanol–water partition coefficient (Wildman–Crippen LogP) is -0.0675. The van der Waals surface area contributed by atoms with E-state index >= 15 is 0 Å². The molecule has 2 rings (SSSR count). The molecule has 1 aromatic rings. The van der Waals surface area contributed by atoms with Crippen molar-refractivity contribution in [3.8, 4) is 0 Å². The zero-order valence-corrected chi connectivity index (χ0v) is 12.7. The normalized spacial score (nSPS) is 20.2. The van der Waals surface area contributed by atoms with Crippen LogP contribution in [0.4, 0.5) is 5.69 Å². The number of sulfone groups is 1. The van der Waals surface area contributed by atoms with Gasteiger partial charge in [-0.25, -0.2) is 16.8 Å². The molecule has 1 fully saturated rings. The van der Waals surface area contributed by atoms with Crippen LogP contribution in [0, 0.1) is 0 Å². The second-order valence-corrected chi connectivity index (χ2v) is 8.74. The molecule has 0 unspecified atom stereocenters. The van der Waals surface area contributed by atoms with Gasteiger partial charge in [-0.2, -0.15) is 4.31 Å². The largest absolute Gasteiger partial charge is 0.387 e. The summed E-state index contributed by atoms with van der Waals surface area (Å²) >= 11 is 0. The number of aromatic nitrogens is 1. The van der Waals surface area contributed by atoms with Gasteiger partial charge in [0, 0.05) is 32.5 Å². The van der Waals surface area contributed by atoms with Gasteiger partial charge in [0.05, 0.1) is 17.2 Å². The molecule has 0 radical (unpaired) electrons. The number of hydrogen-bond donors (Lipinski definition) is 1. The van der Waals surface area contributed by atoms with E-state index in [0.717, 1.165) is 0 Å². The van der Waals surface area contributed by atoms with Crippen LogP contribution in [0.25, 0.3) is 0 Å². The van der Waals surface area contributed by atoms with Crippen molar-refractivity contribution in [2.24, 2.45) is 0 Å². The average molecular weight is 319 g/mol. The van der Waals surface area contributed by atoms with Gasteiger partial charge in [-0.3, -0.25) is 4.98 Å². The SMILES string of the molecule is CNc1ccncc1S(=O)(=O)N1CCCS(=O)(=O)CC1. The van der Waals surface area contributed by atoms with E-state index in [1.54, 1.807) is 13.1 Å². The van der Waals surface area contributed by atoms with E-state index in [-0.39, 0.29) is 29.5 Å². The highest BCUT2D eigenvalue weighted by Crippen LogP contribution is 2.24. The number of pyridine rings is 1. The van der Waals surface area contributed by atoms with Crippen molar-refractivity contribution in [3.05, 3.63) is 18.5 Å². The lowest BCUT2D eigenvalue weighted by molar-refractivity contribution is 0.434. The lowest BCUT2D eigenvalue weighted by atomic mass is 10.4. The molecule has 0 saturated carbocycles. The topological polar surface area (TPSA) is 96.4 Å². The second-order valence-electron chi connectivity index (χ2n) is 4.53. The molecule has 0 aromatic carbocycles. The molecule has 9 heteroatoms. The van der Waals surface area contributed by atoms with E-state index in [1.165, 1.54) is 16.7 Å². The quantitative estimate of drug-likeness (QED) is 0.838. The summed E-state index contributed by atoms with van der Waals surface area (Å²) in [5, 5.41) is 2.81. The van der Waals surface area contributed by atoms with Crippen LogP contribution in [0.1, 0.15) is 6.42 Å².